The fourth-order valence-corrected chi connectivity index (χ4v) is 11.0. The van der Waals surface area contributed by atoms with Gasteiger partial charge in [-0.1, -0.05) is 236 Å². The van der Waals surface area contributed by atoms with Crippen LogP contribution in [0.3, 0.4) is 0 Å². The number of unbranched alkanes of at least 4 members (excludes halogenated alkanes) is 27. The highest BCUT2D eigenvalue weighted by Crippen LogP contribution is 2.45. The Hall–Kier alpha value is -6.51. The molecule has 0 amide bonds. The summed E-state index contributed by atoms with van der Waals surface area (Å²) in [5.74, 6) is 2.31. The Kier molecular flexibility index (Phi) is 44.9. The summed E-state index contributed by atoms with van der Waals surface area (Å²) in [5.41, 5.74) is 0.753. The predicted octanol–water partition coefficient (Wildman–Crippen LogP) is 22.3. The van der Waals surface area contributed by atoms with E-state index in [4.69, 9.17) is 42.6 Å². The van der Waals surface area contributed by atoms with E-state index in [0.717, 1.165) is 231 Å². The second-order valence-corrected chi connectivity index (χ2v) is 25.7. The molecule has 3 aromatic carbocycles. The molecule has 1 fully saturated rings. The van der Waals surface area contributed by atoms with Crippen LogP contribution < -0.4 is 58.6 Å². The van der Waals surface area contributed by atoms with Crippen molar-refractivity contribution in [3.05, 3.63) is 71.7 Å². The van der Waals surface area contributed by atoms with Crippen molar-refractivity contribution in [3.63, 3.8) is 0 Å². The fourth-order valence-electron chi connectivity index (χ4n) is 11.0. The molecule has 1 aliphatic carbocycles. The van der Waals surface area contributed by atoms with E-state index in [0.29, 0.717) is 128 Å². The van der Waals surface area contributed by atoms with E-state index in [9.17, 15) is 0 Å². The van der Waals surface area contributed by atoms with Gasteiger partial charge in [-0.3, -0.25) is 14.4 Å². The Labute approximate surface area is 581 Å². The minimum atomic E-state index is -0.765. The van der Waals surface area contributed by atoms with Gasteiger partial charge in [-0.15, -0.1) is 0 Å². The highest BCUT2D eigenvalue weighted by Gasteiger charge is 2.39. The van der Waals surface area contributed by atoms with Crippen molar-refractivity contribution < 1.29 is 57.0 Å². The molecule has 0 atom stereocenters. The maximum absolute atomic E-state index is 15.2. The third kappa shape index (κ3) is 31.8. The molecule has 0 heterocycles. The van der Waals surface area contributed by atoms with Gasteiger partial charge in [-0.25, -0.2) is 0 Å². The zero-order valence-corrected chi connectivity index (χ0v) is 61.4. The van der Waals surface area contributed by atoms with Crippen molar-refractivity contribution in [2.24, 2.45) is 0 Å². The van der Waals surface area contributed by atoms with Crippen molar-refractivity contribution in [1.82, 2.24) is 0 Å². The predicted molar refractivity (Wildman–Crippen MR) is 396 cm³/mol. The van der Waals surface area contributed by atoms with Crippen LogP contribution in [0.15, 0.2) is 71.7 Å². The molecule has 3 N–H and O–H groups in total. The standard InChI is InChI=1S/C81H129N3O12/c1-10-19-28-37-46-88-70-55-64(56-71(89-47-38-29-20-11-2)79(70)94-52-43-34-25-16-7)82-61-67-76(85)68(62-83-65-57-72(90-48-39-30-21-12-3)80(95-53-44-35-26-17-8)73(58-65)91-49-40-31-22-13-4)78(87)69(77(67)86)63-84-66-59-74(92-50-41-32-23-14-5)81(96-54-45-36-27-18-9)75(60-66)93-51-42-33-24-15-6/h55-63,82-84H,10-54H2,1-9H3. The Morgan fingerprint density at radius 1 is 0.229 bits per heavy atom. The molecule has 540 valence electrons. The number of hydrogen-bond acceptors (Lipinski definition) is 15. The van der Waals surface area contributed by atoms with Gasteiger partial charge in [0.2, 0.25) is 34.6 Å². The van der Waals surface area contributed by atoms with Crippen LogP contribution in [0, 0.1) is 0 Å². The molecule has 96 heavy (non-hydrogen) atoms. The molecule has 15 heteroatoms. The number of benzene rings is 3. The summed E-state index contributed by atoms with van der Waals surface area (Å²) in [5, 5.41) is 9.90. The van der Waals surface area contributed by atoms with E-state index in [-0.39, 0.29) is 16.7 Å². The Balaban J connectivity index is 1.96. The Morgan fingerprint density at radius 2 is 0.385 bits per heavy atom. The lowest BCUT2D eigenvalue weighted by molar-refractivity contribution is -0.124. The van der Waals surface area contributed by atoms with Crippen LogP contribution in [0.1, 0.15) is 293 Å². The lowest BCUT2D eigenvalue weighted by Gasteiger charge is -2.21. The van der Waals surface area contributed by atoms with E-state index in [2.05, 4.69) is 78.3 Å². The number of Topliss-reactive ketones (excluding diaryl/α,β-unsaturated/α-hetero) is 3. The van der Waals surface area contributed by atoms with Gasteiger partial charge in [0, 0.05) is 72.1 Å². The average Bonchev–Trinajstić information content (AvgIpc) is 0.805. The fraction of sp³-hybridized carbons (Fsp3) is 0.667. The topological polar surface area (TPSA) is 170 Å². The highest BCUT2D eigenvalue weighted by atomic mass is 16.6. The highest BCUT2D eigenvalue weighted by molar-refractivity contribution is 6.51. The summed E-state index contributed by atoms with van der Waals surface area (Å²) < 4.78 is 58.9. The number of rotatable bonds is 60. The van der Waals surface area contributed by atoms with Crippen molar-refractivity contribution in [3.8, 4) is 51.7 Å². The van der Waals surface area contributed by atoms with Gasteiger partial charge in [0.1, 0.15) is 0 Å². The second-order valence-electron chi connectivity index (χ2n) is 25.7. The largest absolute Gasteiger partial charge is 0.489 e. The molecular weight excluding hydrogens is 1210 g/mol. The van der Waals surface area contributed by atoms with Crippen molar-refractivity contribution in [2.75, 3.05) is 75.4 Å². The van der Waals surface area contributed by atoms with Crippen LogP contribution in [0.2, 0.25) is 0 Å². The SMILES string of the molecule is CCCCCCOc1cc(NC=C2C(=O)C(=CNc3cc(OCCCCCC)c(OCCCCCC)c(OCCCCCC)c3)C(=O)C(=CNc3cc(OCCCCCC)c(OCCCCCC)c(OCCCCCC)c3)C2=O)cc(OCCCCCC)c1OCCCCCC. The maximum Gasteiger partial charge on any atom is 0.203 e. The van der Waals surface area contributed by atoms with Crippen LogP contribution >= 0.6 is 0 Å². The summed E-state index contributed by atoms with van der Waals surface area (Å²) in [4.78, 5) is 45.6. The quantitative estimate of drug-likeness (QED) is 0.0277. The van der Waals surface area contributed by atoms with Crippen molar-refractivity contribution in [2.45, 2.75) is 293 Å². The molecule has 1 aliphatic rings. The minimum Gasteiger partial charge on any atom is -0.489 e. The maximum atomic E-state index is 15.2. The number of allylic oxidation sites excluding steroid dienone is 3. The summed E-state index contributed by atoms with van der Waals surface area (Å²) in [6, 6.07) is 11.0. The number of hydrogen-bond donors (Lipinski definition) is 3. The molecule has 0 spiro atoms. The lowest BCUT2D eigenvalue weighted by Crippen LogP contribution is -2.33. The zero-order valence-electron chi connectivity index (χ0n) is 61.4. The van der Waals surface area contributed by atoms with Gasteiger partial charge in [-0.05, 0) is 57.8 Å². The third-order valence-corrected chi connectivity index (χ3v) is 16.9. The first-order chi connectivity index (χ1) is 47.1. The van der Waals surface area contributed by atoms with E-state index in [1.54, 1.807) is 0 Å². The summed E-state index contributed by atoms with van der Waals surface area (Å²) in [6.45, 7) is 24.0. The number of anilines is 3. The van der Waals surface area contributed by atoms with Gasteiger partial charge in [0.15, 0.2) is 34.5 Å². The molecule has 0 aromatic heterocycles. The Bertz CT molecular complexity index is 2300. The molecule has 0 bridgehead atoms. The molecule has 4 rings (SSSR count). The van der Waals surface area contributed by atoms with Gasteiger partial charge in [0.05, 0.1) is 76.2 Å². The summed E-state index contributed by atoms with van der Waals surface area (Å²) in [7, 11) is 0. The van der Waals surface area contributed by atoms with Gasteiger partial charge in [0.25, 0.3) is 0 Å². The van der Waals surface area contributed by atoms with Crippen molar-refractivity contribution >= 4 is 34.4 Å². The Morgan fingerprint density at radius 3 is 0.542 bits per heavy atom. The lowest BCUT2D eigenvalue weighted by atomic mass is 9.84. The normalized spacial score (nSPS) is 12.2. The molecule has 0 radical (unpaired) electrons. The van der Waals surface area contributed by atoms with E-state index in [1.807, 2.05) is 36.4 Å². The van der Waals surface area contributed by atoms with Crippen LogP contribution in [0.4, 0.5) is 17.1 Å². The van der Waals surface area contributed by atoms with E-state index < -0.39 is 17.3 Å². The third-order valence-electron chi connectivity index (χ3n) is 16.9. The van der Waals surface area contributed by atoms with Crippen LogP contribution in [-0.4, -0.2) is 76.8 Å². The molecule has 3 aromatic rings. The van der Waals surface area contributed by atoms with E-state index in [1.165, 1.54) is 18.6 Å². The van der Waals surface area contributed by atoms with Crippen LogP contribution in [0.25, 0.3) is 0 Å². The minimum absolute atomic E-state index is 0.255. The number of ether oxygens (including phenoxy) is 9. The molecule has 1 saturated carbocycles. The molecular formula is C81H129N3O12. The smallest absolute Gasteiger partial charge is 0.203 e. The number of nitrogens with one attached hydrogen (secondary N) is 3. The first-order valence-electron chi connectivity index (χ1n) is 38.4. The molecule has 15 nitrogen and oxygen atoms in total. The average molecular weight is 1340 g/mol. The first-order valence-corrected chi connectivity index (χ1v) is 38.4. The molecule has 0 saturated heterocycles. The van der Waals surface area contributed by atoms with Crippen molar-refractivity contribution in [1.29, 1.82) is 0 Å². The van der Waals surface area contributed by atoms with E-state index >= 15 is 14.4 Å². The number of carbonyl (C=O) groups excluding carboxylic acids is 3. The van der Waals surface area contributed by atoms with Gasteiger partial charge < -0.3 is 58.6 Å². The number of ketones is 3. The van der Waals surface area contributed by atoms with Gasteiger partial charge in [-0.2, -0.15) is 0 Å². The monoisotopic (exact) mass is 1340 g/mol. The first kappa shape index (κ1) is 81.9. The molecule has 0 aliphatic heterocycles. The van der Waals surface area contributed by atoms with Crippen LogP contribution in [0.5, 0.6) is 51.7 Å². The summed E-state index contributed by atoms with van der Waals surface area (Å²) >= 11 is 0. The molecule has 0 unspecified atom stereocenters. The van der Waals surface area contributed by atoms with Gasteiger partial charge >= 0.3 is 0 Å². The second kappa shape index (κ2) is 52.6. The zero-order chi connectivity index (χ0) is 69.1. The summed E-state index contributed by atoms with van der Waals surface area (Å²) in [6.07, 6.45) is 41.1. The van der Waals surface area contributed by atoms with Crippen LogP contribution in [-0.2, 0) is 14.4 Å². The number of carbonyl (C=O) groups is 3.